The fraction of sp³-hybridized carbons (Fsp3) is 0.625. The van der Waals surface area contributed by atoms with Crippen molar-refractivity contribution in [2.24, 2.45) is 5.92 Å². The van der Waals surface area contributed by atoms with Crippen LogP contribution in [0.3, 0.4) is 0 Å². The number of likely N-dealkylation sites (tertiary alicyclic amines) is 1. The van der Waals surface area contributed by atoms with Gasteiger partial charge in [0, 0.05) is 12.6 Å². The maximum atomic E-state index is 13.1. The number of hydrogen-bond acceptors (Lipinski definition) is 2. The Morgan fingerprint density at radius 1 is 1.42 bits per heavy atom. The minimum Gasteiger partial charge on any atom is -0.388 e. The molecule has 2 rings (SSSR count). The lowest BCUT2D eigenvalue weighted by Gasteiger charge is -2.36. The molecule has 0 aromatic heterocycles. The number of hydrogen-bond donors (Lipinski definition) is 1. The third kappa shape index (κ3) is 4.02. The monoisotopic (exact) mass is 265 g/mol. The van der Waals surface area contributed by atoms with Gasteiger partial charge < -0.3 is 10.0 Å². The van der Waals surface area contributed by atoms with E-state index in [1.165, 1.54) is 25.0 Å². The molecule has 0 amide bonds. The van der Waals surface area contributed by atoms with Crippen molar-refractivity contribution in [3.63, 3.8) is 0 Å². The third-order valence-corrected chi connectivity index (χ3v) is 4.20. The molecule has 3 heteroatoms. The summed E-state index contributed by atoms with van der Waals surface area (Å²) in [6, 6.07) is 6.86. The first-order chi connectivity index (χ1) is 9.06. The molecule has 0 spiro atoms. The molecule has 1 aliphatic heterocycles. The van der Waals surface area contributed by atoms with Gasteiger partial charge >= 0.3 is 0 Å². The minimum atomic E-state index is -0.567. The maximum Gasteiger partial charge on any atom is 0.123 e. The van der Waals surface area contributed by atoms with Gasteiger partial charge in [-0.15, -0.1) is 0 Å². The molecular formula is C16H24FNO. The Hall–Kier alpha value is -0.930. The number of nitrogens with zero attached hydrogens (tertiary/aromatic N) is 1. The number of piperidine rings is 1. The van der Waals surface area contributed by atoms with Gasteiger partial charge in [0.05, 0.1) is 6.10 Å². The highest BCUT2D eigenvalue weighted by Gasteiger charge is 2.23. The lowest BCUT2D eigenvalue weighted by atomic mass is 9.93. The van der Waals surface area contributed by atoms with Crippen LogP contribution in [-0.4, -0.2) is 29.1 Å². The van der Waals surface area contributed by atoms with Crippen LogP contribution in [0.5, 0.6) is 0 Å². The molecule has 0 bridgehead atoms. The van der Waals surface area contributed by atoms with Crippen LogP contribution >= 0.6 is 0 Å². The van der Waals surface area contributed by atoms with Crippen molar-refractivity contribution in [3.8, 4) is 0 Å². The lowest BCUT2D eigenvalue weighted by Crippen LogP contribution is -2.41. The van der Waals surface area contributed by atoms with Crippen molar-refractivity contribution < 1.29 is 9.50 Å². The van der Waals surface area contributed by atoms with Crippen molar-refractivity contribution in [2.75, 3.05) is 13.1 Å². The molecule has 3 atom stereocenters. The Labute approximate surface area is 115 Å². The highest BCUT2D eigenvalue weighted by atomic mass is 19.1. The van der Waals surface area contributed by atoms with Crippen molar-refractivity contribution >= 4 is 0 Å². The van der Waals surface area contributed by atoms with Crippen LogP contribution in [0.4, 0.5) is 4.39 Å². The van der Waals surface area contributed by atoms with E-state index in [0.717, 1.165) is 19.0 Å². The number of rotatable bonds is 4. The molecule has 2 nitrogen and oxygen atoms in total. The van der Waals surface area contributed by atoms with Gasteiger partial charge in [-0.05, 0) is 56.3 Å². The Balaban J connectivity index is 1.85. The summed E-state index contributed by atoms with van der Waals surface area (Å²) in [4.78, 5) is 2.43. The van der Waals surface area contributed by atoms with Gasteiger partial charge in [-0.3, -0.25) is 0 Å². The summed E-state index contributed by atoms with van der Waals surface area (Å²) in [5.74, 6) is 0.524. The van der Waals surface area contributed by atoms with Crippen LogP contribution in [0.15, 0.2) is 24.3 Å². The standard InChI is InChI=1S/C16H24FNO/c1-12-6-8-18(13(2)10-12)9-7-16(19)14-4-3-5-15(17)11-14/h3-5,11-13,16,19H,6-10H2,1-2H3. The highest BCUT2D eigenvalue weighted by Crippen LogP contribution is 2.24. The largest absolute Gasteiger partial charge is 0.388 e. The average molecular weight is 265 g/mol. The van der Waals surface area contributed by atoms with Crippen LogP contribution in [0.1, 0.15) is 44.8 Å². The van der Waals surface area contributed by atoms with E-state index in [1.807, 2.05) is 0 Å². The second-order valence-corrected chi connectivity index (χ2v) is 5.87. The van der Waals surface area contributed by atoms with E-state index < -0.39 is 6.10 Å². The van der Waals surface area contributed by atoms with E-state index in [0.29, 0.717) is 18.0 Å². The predicted molar refractivity (Wildman–Crippen MR) is 75.4 cm³/mol. The average Bonchev–Trinajstić information content (AvgIpc) is 2.37. The number of aliphatic hydroxyl groups excluding tert-OH is 1. The molecule has 1 saturated heterocycles. The molecule has 106 valence electrons. The van der Waals surface area contributed by atoms with Gasteiger partial charge in [0.25, 0.3) is 0 Å². The lowest BCUT2D eigenvalue weighted by molar-refractivity contribution is 0.0940. The fourth-order valence-corrected chi connectivity index (χ4v) is 2.96. The summed E-state index contributed by atoms with van der Waals surface area (Å²) in [6.45, 7) is 6.55. The van der Waals surface area contributed by atoms with Crippen LogP contribution in [0, 0.1) is 11.7 Å². The van der Waals surface area contributed by atoms with E-state index >= 15 is 0 Å². The molecule has 0 aliphatic carbocycles. The number of benzene rings is 1. The Morgan fingerprint density at radius 2 is 2.21 bits per heavy atom. The van der Waals surface area contributed by atoms with E-state index in [2.05, 4.69) is 18.7 Å². The summed E-state index contributed by atoms with van der Waals surface area (Å²) in [6.07, 6.45) is 2.57. The summed E-state index contributed by atoms with van der Waals surface area (Å²) >= 11 is 0. The molecule has 1 heterocycles. The predicted octanol–water partition coefficient (Wildman–Crippen LogP) is 3.37. The zero-order valence-electron chi connectivity index (χ0n) is 11.8. The molecular weight excluding hydrogens is 241 g/mol. The van der Waals surface area contributed by atoms with Crippen LogP contribution in [0.2, 0.25) is 0 Å². The first kappa shape index (κ1) is 14.5. The zero-order valence-corrected chi connectivity index (χ0v) is 11.8. The zero-order chi connectivity index (χ0) is 13.8. The quantitative estimate of drug-likeness (QED) is 0.902. The summed E-state index contributed by atoms with van der Waals surface area (Å²) < 4.78 is 13.1. The van der Waals surface area contributed by atoms with Crippen molar-refractivity contribution in [2.45, 2.75) is 45.3 Å². The molecule has 19 heavy (non-hydrogen) atoms. The van der Waals surface area contributed by atoms with Gasteiger partial charge in [-0.1, -0.05) is 19.1 Å². The summed E-state index contributed by atoms with van der Waals surface area (Å²) in [7, 11) is 0. The van der Waals surface area contributed by atoms with Gasteiger partial charge in [0.1, 0.15) is 5.82 Å². The first-order valence-corrected chi connectivity index (χ1v) is 7.24. The fourth-order valence-electron chi connectivity index (χ4n) is 2.96. The molecule has 0 radical (unpaired) electrons. The second-order valence-electron chi connectivity index (χ2n) is 5.87. The molecule has 1 fully saturated rings. The minimum absolute atomic E-state index is 0.281. The summed E-state index contributed by atoms with van der Waals surface area (Å²) in [5, 5.41) is 10.1. The topological polar surface area (TPSA) is 23.5 Å². The van der Waals surface area contributed by atoms with Crippen molar-refractivity contribution in [1.82, 2.24) is 4.90 Å². The molecule has 1 aliphatic rings. The van der Waals surface area contributed by atoms with E-state index in [9.17, 15) is 9.50 Å². The molecule has 0 saturated carbocycles. The summed E-state index contributed by atoms with van der Waals surface area (Å²) in [5.41, 5.74) is 0.679. The normalized spacial score (nSPS) is 26.3. The van der Waals surface area contributed by atoms with Crippen LogP contribution in [0.25, 0.3) is 0 Å². The van der Waals surface area contributed by atoms with Crippen molar-refractivity contribution in [1.29, 1.82) is 0 Å². The Kier molecular flexibility index (Phi) is 4.94. The Bertz CT molecular complexity index is 409. The second kappa shape index (κ2) is 6.49. The SMILES string of the molecule is CC1CCN(CCC(O)c2cccc(F)c2)C(C)C1. The number of halogens is 1. The van der Waals surface area contributed by atoms with E-state index in [1.54, 1.807) is 12.1 Å². The van der Waals surface area contributed by atoms with Crippen molar-refractivity contribution in [3.05, 3.63) is 35.6 Å². The molecule has 3 unspecified atom stereocenters. The van der Waals surface area contributed by atoms with Gasteiger partial charge in [0.15, 0.2) is 0 Å². The van der Waals surface area contributed by atoms with Crippen LogP contribution < -0.4 is 0 Å². The maximum absolute atomic E-state index is 13.1. The molecule has 1 aromatic carbocycles. The first-order valence-electron chi connectivity index (χ1n) is 7.24. The molecule has 1 aromatic rings. The number of aliphatic hydroxyl groups is 1. The highest BCUT2D eigenvalue weighted by molar-refractivity contribution is 5.18. The third-order valence-electron chi connectivity index (χ3n) is 4.20. The van der Waals surface area contributed by atoms with Gasteiger partial charge in [0.2, 0.25) is 0 Å². The van der Waals surface area contributed by atoms with Gasteiger partial charge in [-0.2, -0.15) is 0 Å². The molecule has 1 N–H and O–H groups in total. The smallest absolute Gasteiger partial charge is 0.123 e. The van der Waals surface area contributed by atoms with Crippen LogP contribution in [-0.2, 0) is 0 Å². The van der Waals surface area contributed by atoms with Gasteiger partial charge in [-0.25, -0.2) is 4.39 Å². The van der Waals surface area contributed by atoms with E-state index in [4.69, 9.17) is 0 Å². The Morgan fingerprint density at radius 3 is 2.89 bits per heavy atom. The van der Waals surface area contributed by atoms with E-state index in [-0.39, 0.29) is 5.82 Å².